The van der Waals surface area contributed by atoms with Crippen molar-refractivity contribution in [3.05, 3.63) is 10.4 Å². The average Bonchev–Trinajstić information content (AvgIpc) is 3.25. The Morgan fingerprint density at radius 3 is 2.48 bits per heavy atom. The standard InChI is InChI=1S/C14H17F3N2OS/c15-14(16,17)5-6-19-13-9(7-1-2-7)10(18)12(21-13)11(20)8-3-4-8/h7-8,19H,1-6,18H2. The largest absolute Gasteiger partial charge is 0.397 e. The van der Waals surface area contributed by atoms with Gasteiger partial charge in [0.15, 0.2) is 5.78 Å². The lowest BCUT2D eigenvalue weighted by Gasteiger charge is -2.09. The van der Waals surface area contributed by atoms with Crippen LogP contribution in [0.1, 0.15) is 53.3 Å². The molecular weight excluding hydrogens is 301 g/mol. The lowest BCUT2D eigenvalue weighted by atomic mass is 10.1. The summed E-state index contributed by atoms with van der Waals surface area (Å²) in [6.45, 7) is -0.180. The molecule has 7 heteroatoms. The number of Topliss-reactive ketones (excluding diaryl/α,β-unsaturated/α-hetero) is 1. The minimum absolute atomic E-state index is 0.0586. The van der Waals surface area contributed by atoms with Gasteiger partial charge in [0.2, 0.25) is 0 Å². The Morgan fingerprint density at radius 1 is 1.29 bits per heavy atom. The number of hydrogen-bond acceptors (Lipinski definition) is 4. The number of nitrogens with one attached hydrogen (secondary N) is 1. The minimum atomic E-state index is -4.18. The fourth-order valence-corrected chi connectivity index (χ4v) is 3.65. The number of nitrogens with two attached hydrogens (primary N) is 1. The summed E-state index contributed by atoms with van der Waals surface area (Å²) in [7, 11) is 0. The van der Waals surface area contributed by atoms with Crippen molar-refractivity contribution in [2.45, 2.75) is 44.2 Å². The molecule has 0 amide bonds. The first-order valence-corrected chi connectivity index (χ1v) is 7.95. The number of carbonyl (C=O) groups excluding carboxylic acids is 1. The van der Waals surface area contributed by atoms with Crippen LogP contribution in [-0.2, 0) is 0 Å². The topological polar surface area (TPSA) is 55.1 Å². The molecule has 0 radical (unpaired) electrons. The van der Waals surface area contributed by atoms with E-state index in [2.05, 4.69) is 5.32 Å². The van der Waals surface area contributed by atoms with Crippen molar-refractivity contribution in [1.29, 1.82) is 0 Å². The number of nitrogen functional groups attached to an aromatic ring is 1. The Labute approximate surface area is 124 Å². The molecule has 0 spiro atoms. The second kappa shape index (κ2) is 5.19. The molecule has 3 N–H and O–H groups in total. The van der Waals surface area contributed by atoms with Gasteiger partial charge >= 0.3 is 6.18 Å². The molecule has 0 unspecified atom stereocenters. The molecule has 0 aliphatic heterocycles. The van der Waals surface area contributed by atoms with Crippen molar-refractivity contribution < 1.29 is 18.0 Å². The number of halogens is 3. The molecule has 2 aliphatic rings. The molecule has 21 heavy (non-hydrogen) atoms. The highest BCUT2D eigenvalue weighted by molar-refractivity contribution is 7.18. The molecule has 3 rings (SSSR count). The predicted octanol–water partition coefficient (Wildman–Crippen LogP) is 4.16. The van der Waals surface area contributed by atoms with Gasteiger partial charge in [-0.2, -0.15) is 13.2 Å². The van der Waals surface area contributed by atoms with E-state index in [9.17, 15) is 18.0 Å². The van der Waals surface area contributed by atoms with Gasteiger partial charge in [-0.3, -0.25) is 4.79 Å². The highest BCUT2D eigenvalue weighted by atomic mass is 32.1. The van der Waals surface area contributed by atoms with E-state index in [1.54, 1.807) is 0 Å². The molecule has 0 aromatic carbocycles. The van der Waals surface area contributed by atoms with Crippen LogP contribution in [0.5, 0.6) is 0 Å². The van der Waals surface area contributed by atoms with Crippen molar-refractivity contribution in [2.75, 3.05) is 17.6 Å². The molecule has 0 atom stereocenters. The maximum atomic E-state index is 12.2. The second-order valence-corrected chi connectivity index (χ2v) is 6.81. The van der Waals surface area contributed by atoms with Gasteiger partial charge in [-0.25, -0.2) is 0 Å². The Kier molecular flexibility index (Phi) is 3.63. The van der Waals surface area contributed by atoms with Crippen molar-refractivity contribution in [3.63, 3.8) is 0 Å². The van der Waals surface area contributed by atoms with Crippen molar-refractivity contribution >= 4 is 27.8 Å². The van der Waals surface area contributed by atoms with Crippen LogP contribution in [0.25, 0.3) is 0 Å². The normalized spacial score (nSPS) is 18.8. The summed E-state index contributed by atoms with van der Waals surface area (Å²) in [5, 5.41) is 3.49. The van der Waals surface area contributed by atoms with Crippen LogP contribution in [0.4, 0.5) is 23.9 Å². The summed E-state index contributed by atoms with van der Waals surface area (Å²) >= 11 is 1.23. The lowest BCUT2D eigenvalue weighted by Crippen LogP contribution is -2.14. The van der Waals surface area contributed by atoms with Crippen molar-refractivity contribution in [2.24, 2.45) is 5.92 Å². The van der Waals surface area contributed by atoms with Gasteiger partial charge in [0, 0.05) is 18.0 Å². The number of ketones is 1. The lowest BCUT2D eigenvalue weighted by molar-refractivity contribution is -0.131. The summed E-state index contributed by atoms with van der Waals surface area (Å²) in [6.07, 6.45) is -1.29. The first-order chi connectivity index (χ1) is 9.87. The Hall–Kier alpha value is -1.24. The van der Waals surface area contributed by atoms with Crippen LogP contribution in [0.15, 0.2) is 0 Å². The molecule has 116 valence electrons. The fourth-order valence-electron chi connectivity index (χ4n) is 2.40. The highest BCUT2D eigenvalue weighted by Gasteiger charge is 2.37. The summed E-state index contributed by atoms with van der Waals surface area (Å²) in [5.74, 6) is 0.430. The van der Waals surface area contributed by atoms with Gasteiger partial charge < -0.3 is 11.1 Å². The molecular formula is C14H17F3N2OS. The first kappa shape index (κ1) is 14.7. The summed E-state index contributed by atoms with van der Waals surface area (Å²) in [6, 6.07) is 0. The van der Waals surface area contributed by atoms with Crippen LogP contribution < -0.4 is 11.1 Å². The molecule has 2 fully saturated rings. The van der Waals surface area contributed by atoms with E-state index in [1.165, 1.54) is 11.3 Å². The Morgan fingerprint density at radius 2 is 1.95 bits per heavy atom. The highest BCUT2D eigenvalue weighted by Crippen LogP contribution is 2.52. The zero-order valence-corrected chi connectivity index (χ0v) is 12.2. The quantitative estimate of drug-likeness (QED) is 0.774. The predicted molar refractivity (Wildman–Crippen MR) is 76.9 cm³/mol. The molecule has 1 aromatic rings. The van der Waals surface area contributed by atoms with Crippen LogP contribution in [0.2, 0.25) is 0 Å². The van der Waals surface area contributed by atoms with E-state index in [0.717, 1.165) is 31.2 Å². The Balaban J connectivity index is 1.78. The molecule has 3 nitrogen and oxygen atoms in total. The summed E-state index contributed by atoms with van der Waals surface area (Å²) < 4.78 is 36.7. The molecule has 0 saturated heterocycles. The number of rotatable bonds is 6. The van der Waals surface area contributed by atoms with Gasteiger partial charge in [-0.15, -0.1) is 11.3 Å². The number of thiophene rings is 1. The van der Waals surface area contributed by atoms with Crippen LogP contribution in [0.3, 0.4) is 0 Å². The molecule has 1 heterocycles. The fraction of sp³-hybridized carbons (Fsp3) is 0.643. The number of anilines is 2. The van der Waals surface area contributed by atoms with Crippen molar-refractivity contribution in [1.82, 2.24) is 0 Å². The zero-order valence-electron chi connectivity index (χ0n) is 11.4. The third kappa shape index (κ3) is 3.33. The van der Waals surface area contributed by atoms with Crippen LogP contribution in [-0.4, -0.2) is 18.5 Å². The molecule has 0 bridgehead atoms. The van der Waals surface area contributed by atoms with E-state index in [-0.39, 0.29) is 18.2 Å². The van der Waals surface area contributed by atoms with Crippen LogP contribution >= 0.6 is 11.3 Å². The van der Waals surface area contributed by atoms with Gasteiger partial charge in [0.1, 0.15) is 0 Å². The second-order valence-electron chi connectivity index (χ2n) is 5.79. The summed E-state index contributed by atoms with van der Waals surface area (Å²) in [5.41, 5.74) is 7.46. The number of alkyl halides is 3. The van der Waals surface area contributed by atoms with E-state index >= 15 is 0 Å². The smallest absolute Gasteiger partial charge is 0.390 e. The molecule has 2 aliphatic carbocycles. The van der Waals surface area contributed by atoms with Gasteiger partial charge in [0.25, 0.3) is 0 Å². The van der Waals surface area contributed by atoms with Gasteiger partial charge in [0.05, 0.1) is 22.0 Å². The maximum Gasteiger partial charge on any atom is 0.390 e. The van der Waals surface area contributed by atoms with E-state index in [0.29, 0.717) is 21.5 Å². The first-order valence-electron chi connectivity index (χ1n) is 7.14. The third-order valence-corrected chi connectivity index (χ3v) is 5.03. The van der Waals surface area contributed by atoms with E-state index in [4.69, 9.17) is 5.73 Å². The monoisotopic (exact) mass is 318 g/mol. The van der Waals surface area contributed by atoms with Gasteiger partial charge in [-0.1, -0.05) is 0 Å². The van der Waals surface area contributed by atoms with Gasteiger partial charge in [-0.05, 0) is 31.6 Å². The summed E-state index contributed by atoms with van der Waals surface area (Å²) in [4.78, 5) is 12.7. The maximum absolute atomic E-state index is 12.2. The number of carbonyl (C=O) groups is 1. The molecule has 2 saturated carbocycles. The SMILES string of the molecule is Nc1c(C(=O)C2CC2)sc(NCCC(F)(F)F)c1C1CC1. The third-order valence-electron chi connectivity index (χ3n) is 3.84. The molecule has 1 aromatic heterocycles. The van der Waals surface area contributed by atoms with Crippen molar-refractivity contribution in [3.8, 4) is 0 Å². The van der Waals surface area contributed by atoms with E-state index < -0.39 is 12.6 Å². The number of hydrogen-bond donors (Lipinski definition) is 2. The Bertz CT molecular complexity index is 559. The van der Waals surface area contributed by atoms with Crippen LogP contribution in [0, 0.1) is 5.92 Å². The van der Waals surface area contributed by atoms with E-state index in [1.807, 2.05) is 0 Å². The minimum Gasteiger partial charge on any atom is -0.397 e. The zero-order chi connectivity index (χ0) is 15.2. The average molecular weight is 318 g/mol.